The zero-order chi connectivity index (χ0) is 16.8. The standard InChI is InChI=1S/C17H17N3O2S/c1-20-15(17(21)22)10-23-16-13(6-3-7-14(16)19)12-5-2-4-11(8-12)9-18/h2-8,15,20H,10,19H2,1H3,(H,21,22)/t15-/m0/s1. The molecule has 0 aliphatic carbocycles. The molecule has 0 unspecified atom stereocenters. The Hall–Kier alpha value is -2.49. The molecule has 23 heavy (non-hydrogen) atoms. The predicted octanol–water partition coefficient (Wildman–Crippen LogP) is 2.57. The lowest BCUT2D eigenvalue weighted by atomic mass is 10.0. The summed E-state index contributed by atoms with van der Waals surface area (Å²) in [5.41, 5.74) is 9.02. The minimum absolute atomic E-state index is 0.352. The van der Waals surface area contributed by atoms with Gasteiger partial charge < -0.3 is 16.2 Å². The number of aliphatic carboxylic acids is 1. The van der Waals surface area contributed by atoms with E-state index < -0.39 is 12.0 Å². The number of carboxylic acid groups (broad SMARTS) is 1. The molecule has 4 N–H and O–H groups in total. The van der Waals surface area contributed by atoms with Crippen LogP contribution in [0.25, 0.3) is 11.1 Å². The Kier molecular flexibility index (Phi) is 5.63. The van der Waals surface area contributed by atoms with Gasteiger partial charge in [0.15, 0.2) is 0 Å². The number of carbonyl (C=O) groups is 1. The summed E-state index contributed by atoms with van der Waals surface area (Å²) in [6.45, 7) is 0. The molecular weight excluding hydrogens is 310 g/mol. The van der Waals surface area contributed by atoms with Gasteiger partial charge in [-0.3, -0.25) is 4.79 Å². The number of hydrogen-bond donors (Lipinski definition) is 3. The van der Waals surface area contributed by atoms with Crippen LogP contribution in [0.2, 0.25) is 0 Å². The molecule has 5 nitrogen and oxygen atoms in total. The lowest BCUT2D eigenvalue weighted by Crippen LogP contribution is -2.36. The number of nitriles is 1. The Morgan fingerprint density at radius 3 is 2.78 bits per heavy atom. The van der Waals surface area contributed by atoms with Gasteiger partial charge >= 0.3 is 5.97 Å². The van der Waals surface area contributed by atoms with Gasteiger partial charge in [0, 0.05) is 16.3 Å². The third kappa shape index (κ3) is 4.03. The number of likely N-dealkylation sites (N-methyl/N-ethyl adjacent to an activating group) is 1. The Bertz CT molecular complexity index is 756. The molecule has 0 saturated carbocycles. The molecule has 0 heterocycles. The van der Waals surface area contributed by atoms with Crippen molar-refractivity contribution in [2.75, 3.05) is 18.5 Å². The summed E-state index contributed by atoms with van der Waals surface area (Å²) >= 11 is 1.39. The van der Waals surface area contributed by atoms with Crippen LogP contribution in [0, 0.1) is 11.3 Å². The lowest BCUT2D eigenvalue weighted by molar-refractivity contribution is -0.138. The van der Waals surface area contributed by atoms with E-state index in [9.17, 15) is 4.79 Å². The molecule has 2 aromatic rings. The van der Waals surface area contributed by atoms with Crippen LogP contribution in [-0.2, 0) is 4.79 Å². The van der Waals surface area contributed by atoms with E-state index in [1.807, 2.05) is 24.3 Å². The van der Waals surface area contributed by atoms with Crippen molar-refractivity contribution >= 4 is 23.4 Å². The number of rotatable bonds is 6. The molecule has 2 aromatic carbocycles. The summed E-state index contributed by atoms with van der Waals surface area (Å²) in [5, 5.41) is 20.9. The molecule has 0 saturated heterocycles. The third-order valence-electron chi connectivity index (χ3n) is 3.39. The maximum absolute atomic E-state index is 11.1. The van der Waals surface area contributed by atoms with E-state index in [2.05, 4.69) is 11.4 Å². The fourth-order valence-electron chi connectivity index (χ4n) is 2.14. The van der Waals surface area contributed by atoms with E-state index in [-0.39, 0.29) is 0 Å². The molecule has 0 bridgehead atoms. The van der Waals surface area contributed by atoms with E-state index >= 15 is 0 Å². The normalized spacial score (nSPS) is 11.7. The molecule has 0 spiro atoms. The average molecular weight is 327 g/mol. The van der Waals surface area contributed by atoms with Crippen LogP contribution in [0.4, 0.5) is 5.69 Å². The predicted molar refractivity (Wildman–Crippen MR) is 92.2 cm³/mol. The average Bonchev–Trinajstić information content (AvgIpc) is 2.56. The molecule has 0 radical (unpaired) electrons. The van der Waals surface area contributed by atoms with Gasteiger partial charge in [-0.2, -0.15) is 5.26 Å². The second-order valence-corrected chi connectivity index (χ2v) is 5.94. The highest BCUT2D eigenvalue weighted by Gasteiger charge is 2.17. The molecule has 0 amide bonds. The van der Waals surface area contributed by atoms with Crippen LogP contribution in [0.3, 0.4) is 0 Å². The molecule has 1 atom stereocenters. The summed E-state index contributed by atoms with van der Waals surface area (Å²) in [4.78, 5) is 12.0. The molecular formula is C17H17N3O2S. The zero-order valence-electron chi connectivity index (χ0n) is 12.6. The minimum atomic E-state index is -0.900. The monoisotopic (exact) mass is 327 g/mol. The van der Waals surface area contributed by atoms with Crippen LogP contribution in [0.1, 0.15) is 5.56 Å². The number of thioether (sulfide) groups is 1. The highest BCUT2D eigenvalue weighted by atomic mass is 32.2. The molecule has 0 fully saturated rings. The molecule has 0 aliphatic rings. The van der Waals surface area contributed by atoms with Gasteiger partial charge in [-0.1, -0.05) is 24.3 Å². The fraction of sp³-hybridized carbons (Fsp3) is 0.176. The van der Waals surface area contributed by atoms with E-state index in [4.69, 9.17) is 16.1 Å². The van der Waals surface area contributed by atoms with Crippen LogP contribution in [0.15, 0.2) is 47.4 Å². The first-order valence-corrected chi connectivity index (χ1v) is 7.97. The summed E-state index contributed by atoms with van der Waals surface area (Å²) in [7, 11) is 1.62. The summed E-state index contributed by atoms with van der Waals surface area (Å²) in [5.74, 6) is -0.548. The van der Waals surface area contributed by atoms with Gasteiger partial charge in [0.25, 0.3) is 0 Å². The summed E-state index contributed by atoms with van der Waals surface area (Å²) < 4.78 is 0. The second kappa shape index (κ2) is 7.68. The molecule has 2 rings (SSSR count). The van der Waals surface area contributed by atoms with Gasteiger partial charge in [0.05, 0.1) is 11.6 Å². The van der Waals surface area contributed by atoms with Crippen LogP contribution < -0.4 is 11.1 Å². The van der Waals surface area contributed by atoms with Crippen molar-refractivity contribution in [1.29, 1.82) is 5.26 Å². The maximum atomic E-state index is 11.1. The van der Waals surface area contributed by atoms with E-state index in [1.54, 1.807) is 25.2 Å². The van der Waals surface area contributed by atoms with Crippen molar-refractivity contribution in [1.82, 2.24) is 5.32 Å². The van der Waals surface area contributed by atoms with Crippen molar-refractivity contribution in [2.24, 2.45) is 0 Å². The largest absolute Gasteiger partial charge is 0.480 e. The first kappa shape index (κ1) is 16.9. The summed E-state index contributed by atoms with van der Waals surface area (Å²) in [6.07, 6.45) is 0. The van der Waals surface area contributed by atoms with Crippen molar-refractivity contribution in [3.63, 3.8) is 0 Å². The van der Waals surface area contributed by atoms with Gasteiger partial charge in [-0.15, -0.1) is 11.8 Å². The maximum Gasteiger partial charge on any atom is 0.321 e. The highest BCUT2D eigenvalue weighted by molar-refractivity contribution is 7.99. The van der Waals surface area contributed by atoms with Gasteiger partial charge in [-0.25, -0.2) is 0 Å². The quantitative estimate of drug-likeness (QED) is 0.557. The van der Waals surface area contributed by atoms with E-state index in [0.717, 1.165) is 16.0 Å². The smallest absolute Gasteiger partial charge is 0.321 e. The number of nitrogens with one attached hydrogen (secondary N) is 1. The van der Waals surface area contributed by atoms with Crippen LogP contribution >= 0.6 is 11.8 Å². The zero-order valence-corrected chi connectivity index (χ0v) is 13.4. The first-order chi connectivity index (χ1) is 11.1. The SMILES string of the molecule is CN[C@@H](CSc1c(N)cccc1-c1cccc(C#N)c1)C(=O)O. The molecule has 118 valence electrons. The second-order valence-electron chi connectivity index (χ2n) is 4.91. The van der Waals surface area contributed by atoms with Crippen LogP contribution in [-0.4, -0.2) is 29.9 Å². The van der Waals surface area contributed by atoms with Crippen molar-refractivity contribution in [2.45, 2.75) is 10.9 Å². The third-order valence-corrected chi connectivity index (χ3v) is 4.63. The molecule has 0 aliphatic heterocycles. The van der Waals surface area contributed by atoms with E-state index in [0.29, 0.717) is 17.0 Å². The van der Waals surface area contributed by atoms with Gasteiger partial charge in [0.2, 0.25) is 0 Å². The number of nitrogens with two attached hydrogens (primary N) is 1. The Morgan fingerprint density at radius 1 is 1.39 bits per heavy atom. The Labute approximate surface area is 139 Å². The van der Waals surface area contributed by atoms with Crippen molar-refractivity contribution in [3.05, 3.63) is 48.0 Å². The number of nitrogen functional groups attached to an aromatic ring is 1. The highest BCUT2D eigenvalue weighted by Crippen LogP contribution is 2.36. The fourth-order valence-corrected chi connectivity index (χ4v) is 3.36. The number of benzene rings is 2. The number of anilines is 1. The number of nitrogens with zero attached hydrogens (tertiary/aromatic N) is 1. The molecule has 0 aromatic heterocycles. The minimum Gasteiger partial charge on any atom is -0.480 e. The number of carboxylic acids is 1. The first-order valence-electron chi connectivity index (χ1n) is 6.98. The van der Waals surface area contributed by atoms with Crippen LogP contribution in [0.5, 0.6) is 0 Å². The lowest BCUT2D eigenvalue weighted by Gasteiger charge is -2.15. The number of hydrogen-bond acceptors (Lipinski definition) is 5. The van der Waals surface area contributed by atoms with E-state index in [1.165, 1.54) is 11.8 Å². The summed E-state index contributed by atoms with van der Waals surface area (Å²) in [6, 6.07) is 14.3. The van der Waals surface area contributed by atoms with Crippen molar-refractivity contribution in [3.8, 4) is 17.2 Å². The topological polar surface area (TPSA) is 99.1 Å². The van der Waals surface area contributed by atoms with Gasteiger partial charge in [0.1, 0.15) is 6.04 Å². The van der Waals surface area contributed by atoms with Gasteiger partial charge in [-0.05, 0) is 36.4 Å². The Morgan fingerprint density at radius 2 is 2.13 bits per heavy atom. The Balaban J connectivity index is 2.36. The van der Waals surface area contributed by atoms with Crippen molar-refractivity contribution < 1.29 is 9.90 Å². The molecule has 6 heteroatoms.